The minimum Gasteiger partial charge on any atom is -0.469 e. The van der Waals surface area contributed by atoms with Gasteiger partial charge >= 0.3 is 5.97 Å². The number of thiophene rings is 1. The molecule has 0 amide bonds. The predicted molar refractivity (Wildman–Crippen MR) is 126 cm³/mol. The lowest BCUT2D eigenvalue weighted by atomic mass is 9.56. The van der Waals surface area contributed by atoms with Crippen molar-refractivity contribution in [2.24, 2.45) is 17.8 Å². The van der Waals surface area contributed by atoms with E-state index in [0.717, 1.165) is 25.7 Å². The van der Waals surface area contributed by atoms with E-state index in [1.54, 1.807) is 11.3 Å². The van der Waals surface area contributed by atoms with Crippen LogP contribution < -0.4 is 0 Å². The second-order valence-corrected chi connectivity index (χ2v) is 10.2. The second kappa shape index (κ2) is 11.4. The first-order chi connectivity index (χ1) is 15.4. The molecule has 0 aromatic carbocycles. The number of unbranched alkanes of at least 4 members (excludes halogenated alkanes) is 1. The number of ketones is 1. The molecule has 1 aromatic heterocycles. The van der Waals surface area contributed by atoms with Crippen molar-refractivity contribution in [2.45, 2.75) is 75.9 Å². The fourth-order valence-corrected chi connectivity index (χ4v) is 6.36. The summed E-state index contributed by atoms with van der Waals surface area (Å²) >= 11 is 1.71. The van der Waals surface area contributed by atoms with Crippen molar-refractivity contribution < 1.29 is 24.5 Å². The van der Waals surface area contributed by atoms with Crippen molar-refractivity contribution in [3.8, 4) is 0 Å². The molecule has 3 rings (SSSR count). The van der Waals surface area contributed by atoms with Gasteiger partial charge in [0.2, 0.25) is 0 Å². The van der Waals surface area contributed by atoms with Gasteiger partial charge in [-0.05, 0) is 55.9 Å². The summed E-state index contributed by atoms with van der Waals surface area (Å²) in [7, 11) is 1.39. The highest BCUT2D eigenvalue weighted by molar-refractivity contribution is 7.10. The topological polar surface area (TPSA) is 83.8 Å². The lowest BCUT2D eigenvalue weighted by Gasteiger charge is -2.50. The molecule has 2 aliphatic rings. The summed E-state index contributed by atoms with van der Waals surface area (Å²) in [5.41, 5.74) is -0.172. The Balaban J connectivity index is 1.55. The molecule has 0 saturated heterocycles. The molecule has 0 bridgehead atoms. The third-order valence-corrected chi connectivity index (χ3v) is 8.49. The number of esters is 1. The van der Waals surface area contributed by atoms with E-state index in [4.69, 9.17) is 0 Å². The summed E-state index contributed by atoms with van der Waals surface area (Å²) in [5, 5.41) is 23.6. The maximum absolute atomic E-state index is 12.4. The zero-order valence-corrected chi connectivity index (χ0v) is 19.9. The average Bonchev–Trinajstić information content (AvgIpc) is 3.38. The standard InChI is InChI=1S/C26H36O5S/c1-18-14-15-26(18,24-12-8-16-32-24)23(29)11-7-10-20-19(21(27)17-22(20)28)9-5-3-4-6-13-25(30)31-2/h3,5,7-8,10,12,16,18-20,22-23,28-29H,4,6,9,11,13-15,17H2,1-2H3/t18?,19-,20-,22-,23?,26?/m1/s1. The molecular weight excluding hydrogens is 424 g/mol. The van der Waals surface area contributed by atoms with Crippen LogP contribution in [0.25, 0.3) is 0 Å². The van der Waals surface area contributed by atoms with E-state index in [9.17, 15) is 19.8 Å². The summed E-state index contributed by atoms with van der Waals surface area (Å²) in [6.07, 6.45) is 12.0. The van der Waals surface area contributed by atoms with Gasteiger partial charge in [-0.3, -0.25) is 9.59 Å². The highest BCUT2D eigenvalue weighted by atomic mass is 32.1. The molecule has 5 nitrogen and oxygen atoms in total. The van der Waals surface area contributed by atoms with Crippen LogP contribution in [0.4, 0.5) is 0 Å². The molecule has 2 aliphatic carbocycles. The summed E-state index contributed by atoms with van der Waals surface area (Å²) in [5.74, 6) is -0.123. The van der Waals surface area contributed by atoms with Crippen LogP contribution in [0, 0.1) is 17.8 Å². The largest absolute Gasteiger partial charge is 0.469 e. The first-order valence-corrected chi connectivity index (χ1v) is 12.6. The Hall–Kier alpha value is -1.76. The van der Waals surface area contributed by atoms with Crippen molar-refractivity contribution in [3.05, 3.63) is 46.7 Å². The van der Waals surface area contributed by atoms with Crippen LogP contribution in [0.1, 0.15) is 63.2 Å². The number of aliphatic hydroxyl groups excluding tert-OH is 2. The van der Waals surface area contributed by atoms with E-state index in [2.05, 4.69) is 23.1 Å². The highest BCUT2D eigenvalue weighted by Crippen LogP contribution is 2.53. The lowest BCUT2D eigenvalue weighted by Crippen LogP contribution is -2.51. The molecule has 2 saturated carbocycles. The molecule has 6 atom stereocenters. The number of hydrogen-bond donors (Lipinski definition) is 2. The van der Waals surface area contributed by atoms with Crippen LogP contribution in [0.2, 0.25) is 0 Å². The molecule has 0 spiro atoms. The van der Waals surface area contributed by atoms with Gasteiger partial charge in [-0.15, -0.1) is 11.3 Å². The summed E-state index contributed by atoms with van der Waals surface area (Å²) in [6.45, 7) is 2.21. The van der Waals surface area contributed by atoms with Gasteiger partial charge < -0.3 is 14.9 Å². The molecule has 2 fully saturated rings. The number of Topliss-reactive ketones (excluding diaryl/α,β-unsaturated/α-hetero) is 1. The number of rotatable bonds is 11. The number of carbonyl (C=O) groups excluding carboxylic acids is 2. The fraction of sp³-hybridized carbons (Fsp3) is 0.615. The Bertz CT molecular complexity index is 814. The van der Waals surface area contributed by atoms with Crippen LogP contribution in [-0.4, -0.2) is 41.3 Å². The number of allylic oxidation sites excluding steroid dienone is 2. The summed E-state index contributed by atoms with van der Waals surface area (Å²) in [4.78, 5) is 24.8. The van der Waals surface area contributed by atoms with Crippen molar-refractivity contribution in [1.82, 2.24) is 0 Å². The van der Waals surface area contributed by atoms with Gasteiger partial charge in [-0.1, -0.05) is 37.3 Å². The van der Waals surface area contributed by atoms with E-state index in [-0.39, 0.29) is 35.4 Å². The van der Waals surface area contributed by atoms with E-state index in [1.807, 2.05) is 30.4 Å². The number of carbonyl (C=O) groups is 2. The molecule has 0 aliphatic heterocycles. The number of hydrogen-bond acceptors (Lipinski definition) is 6. The molecule has 1 heterocycles. The SMILES string of the molecule is COC(=O)CCCC=CC[C@H]1C(=O)C[C@@H](O)[C@@H]1C=CCC(O)C1(c2cccs2)CCC1C. The molecule has 3 unspecified atom stereocenters. The maximum Gasteiger partial charge on any atom is 0.305 e. The molecule has 176 valence electrons. The summed E-state index contributed by atoms with van der Waals surface area (Å²) in [6, 6.07) is 4.17. The van der Waals surface area contributed by atoms with Crippen LogP contribution >= 0.6 is 11.3 Å². The van der Waals surface area contributed by atoms with Crippen molar-refractivity contribution in [1.29, 1.82) is 0 Å². The fourth-order valence-electron chi connectivity index (χ4n) is 5.24. The number of aliphatic hydroxyl groups is 2. The van der Waals surface area contributed by atoms with Gasteiger partial charge in [-0.2, -0.15) is 0 Å². The third-order valence-electron chi connectivity index (χ3n) is 7.43. The Morgan fingerprint density at radius 1 is 1.38 bits per heavy atom. The Morgan fingerprint density at radius 3 is 2.81 bits per heavy atom. The summed E-state index contributed by atoms with van der Waals surface area (Å²) < 4.78 is 4.63. The predicted octanol–water partition coefficient (Wildman–Crippen LogP) is 4.58. The van der Waals surface area contributed by atoms with Crippen LogP contribution in [0.5, 0.6) is 0 Å². The molecular formula is C26H36O5S. The first-order valence-electron chi connectivity index (χ1n) is 11.7. The maximum atomic E-state index is 12.4. The smallest absolute Gasteiger partial charge is 0.305 e. The molecule has 32 heavy (non-hydrogen) atoms. The average molecular weight is 461 g/mol. The number of methoxy groups -OCH3 is 1. The first kappa shape index (κ1) is 24.9. The molecule has 6 heteroatoms. The zero-order chi connectivity index (χ0) is 23.1. The van der Waals surface area contributed by atoms with E-state index < -0.39 is 12.2 Å². The quantitative estimate of drug-likeness (QED) is 0.287. The Labute approximate surface area is 195 Å². The second-order valence-electron chi connectivity index (χ2n) is 9.23. The monoisotopic (exact) mass is 460 g/mol. The third kappa shape index (κ3) is 5.41. The van der Waals surface area contributed by atoms with Crippen LogP contribution in [-0.2, 0) is 19.7 Å². The minimum absolute atomic E-state index is 0.0922. The van der Waals surface area contributed by atoms with E-state index >= 15 is 0 Å². The Kier molecular flexibility index (Phi) is 8.86. The Morgan fingerprint density at radius 2 is 2.19 bits per heavy atom. The van der Waals surface area contributed by atoms with Crippen LogP contribution in [0.15, 0.2) is 41.8 Å². The lowest BCUT2D eigenvalue weighted by molar-refractivity contribution is -0.140. The van der Waals surface area contributed by atoms with Gasteiger partial charge in [-0.25, -0.2) is 0 Å². The van der Waals surface area contributed by atoms with Crippen molar-refractivity contribution in [2.75, 3.05) is 7.11 Å². The van der Waals surface area contributed by atoms with Gasteiger partial charge in [0.25, 0.3) is 0 Å². The highest BCUT2D eigenvalue weighted by Gasteiger charge is 2.50. The normalized spacial score (nSPS) is 31.3. The van der Waals surface area contributed by atoms with Gasteiger partial charge in [0, 0.05) is 35.0 Å². The van der Waals surface area contributed by atoms with Gasteiger partial charge in [0.1, 0.15) is 5.78 Å². The molecule has 1 aromatic rings. The van der Waals surface area contributed by atoms with E-state index in [1.165, 1.54) is 12.0 Å². The number of ether oxygens (including phenoxy) is 1. The molecule has 2 N–H and O–H groups in total. The molecule has 0 radical (unpaired) electrons. The van der Waals surface area contributed by atoms with Crippen molar-refractivity contribution in [3.63, 3.8) is 0 Å². The minimum atomic E-state index is -0.664. The van der Waals surface area contributed by atoms with Gasteiger partial charge in [0.05, 0.1) is 19.3 Å². The van der Waals surface area contributed by atoms with Crippen molar-refractivity contribution >= 4 is 23.1 Å². The van der Waals surface area contributed by atoms with Crippen LogP contribution in [0.3, 0.4) is 0 Å². The van der Waals surface area contributed by atoms with E-state index in [0.29, 0.717) is 25.2 Å². The van der Waals surface area contributed by atoms with Gasteiger partial charge in [0.15, 0.2) is 0 Å². The zero-order valence-electron chi connectivity index (χ0n) is 19.1.